The fourth-order valence-electron chi connectivity index (χ4n) is 5.08. The van der Waals surface area contributed by atoms with Gasteiger partial charge < -0.3 is 9.30 Å². The normalized spacial score (nSPS) is 16.3. The van der Waals surface area contributed by atoms with Gasteiger partial charge in [-0.2, -0.15) is 5.26 Å². The summed E-state index contributed by atoms with van der Waals surface area (Å²) in [6.45, 7) is 7.23. The molecule has 3 heterocycles. The van der Waals surface area contributed by atoms with Crippen molar-refractivity contribution in [2.75, 3.05) is 0 Å². The van der Waals surface area contributed by atoms with E-state index in [2.05, 4.69) is 41.8 Å². The van der Waals surface area contributed by atoms with Crippen molar-refractivity contribution in [1.29, 1.82) is 5.26 Å². The Kier molecular flexibility index (Phi) is 4.77. The van der Waals surface area contributed by atoms with Crippen molar-refractivity contribution >= 4 is 16.7 Å². The Hall–Kier alpha value is -3.91. The molecule has 168 valence electrons. The monoisotopic (exact) mass is 446 g/mol. The zero-order valence-corrected chi connectivity index (χ0v) is 19.7. The summed E-state index contributed by atoms with van der Waals surface area (Å²) in [5.74, 6) is 2.49. The highest BCUT2D eigenvalue weighted by Crippen LogP contribution is 2.42. The molecule has 1 aliphatic heterocycles. The first-order valence-corrected chi connectivity index (χ1v) is 11.8. The molecule has 5 heteroatoms. The second-order valence-electron chi connectivity index (χ2n) is 9.47. The lowest BCUT2D eigenvalue weighted by molar-refractivity contribution is 0.307. The van der Waals surface area contributed by atoms with E-state index >= 15 is 0 Å². The Labute approximate surface area is 199 Å². The number of imidazole rings is 1. The Balaban J connectivity index is 1.46. The number of para-hydroxylation sites is 1. The molecule has 0 bridgehead atoms. The number of benzene rings is 2. The number of nitrogens with zero attached hydrogens (tertiary/aromatic N) is 4. The van der Waals surface area contributed by atoms with Crippen LogP contribution in [0.1, 0.15) is 65.0 Å². The standard InChI is InChI=1S/C29H26N4O/c1-17-12-19(3)31-29-27(17)32-28(21-9-10-21)33(29)15-20-8-11-23-22(13-20)16-34-25-7-5-4-6-24(25)26(23)18(2)14-30/h4-8,11-13,21H,9-10,15-16H2,1-3H3. The topological polar surface area (TPSA) is 63.7 Å². The summed E-state index contributed by atoms with van der Waals surface area (Å²) in [5.41, 5.74) is 10.1. The van der Waals surface area contributed by atoms with E-state index in [-0.39, 0.29) is 0 Å². The minimum Gasteiger partial charge on any atom is -0.488 e. The second kappa shape index (κ2) is 7.85. The van der Waals surface area contributed by atoms with E-state index < -0.39 is 0 Å². The van der Waals surface area contributed by atoms with E-state index in [1.165, 1.54) is 24.0 Å². The lowest BCUT2D eigenvalue weighted by atomic mass is 9.90. The molecule has 0 unspecified atom stereocenters. The fraction of sp³-hybridized carbons (Fsp3) is 0.276. The third kappa shape index (κ3) is 3.38. The van der Waals surface area contributed by atoms with E-state index in [9.17, 15) is 5.26 Å². The largest absolute Gasteiger partial charge is 0.488 e. The number of rotatable bonds is 3. The molecule has 0 N–H and O–H groups in total. The Bertz CT molecular complexity index is 1530. The maximum absolute atomic E-state index is 9.72. The molecule has 6 rings (SSSR count). The average Bonchev–Trinajstić information content (AvgIpc) is 3.63. The van der Waals surface area contributed by atoms with Gasteiger partial charge in [0.1, 0.15) is 23.7 Å². The molecule has 34 heavy (non-hydrogen) atoms. The predicted octanol–water partition coefficient (Wildman–Crippen LogP) is 6.21. The number of ether oxygens (including phenoxy) is 1. The maximum atomic E-state index is 9.72. The van der Waals surface area contributed by atoms with Gasteiger partial charge in [-0.05, 0) is 74.1 Å². The lowest BCUT2D eigenvalue weighted by Crippen LogP contribution is -2.07. The first-order valence-electron chi connectivity index (χ1n) is 11.8. The molecule has 1 fully saturated rings. The van der Waals surface area contributed by atoms with E-state index in [1.54, 1.807) is 0 Å². The molecule has 5 nitrogen and oxygen atoms in total. The number of hydrogen-bond donors (Lipinski definition) is 0. The summed E-state index contributed by atoms with van der Waals surface area (Å²) < 4.78 is 8.49. The van der Waals surface area contributed by atoms with Crippen molar-refractivity contribution in [2.45, 2.75) is 52.7 Å². The number of hydrogen-bond acceptors (Lipinski definition) is 4. The zero-order chi connectivity index (χ0) is 23.4. The van der Waals surface area contributed by atoms with Gasteiger partial charge >= 0.3 is 0 Å². The molecule has 2 aromatic carbocycles. The van der Waals surface area contributed by atoms with Crippen molar-refractivity contribution in [3.05, 3.63) is 93.4 Å². The Morgan fingerprint density at radius 2 is 1.91 bits per heavy atom. The van der Waals surface area contributed by atoms with Crippen LogP contribution in [0.2, 0.25) is 0 Å². The summed E-state index contributed by atoms with van der Waals surface area (Å²) in [4.78, 5) is 9.89. The van der Waals surface area contributed by atoms with E-state index in [0.717, 1.165) is 50.7 Å². The summed E-state index contributed by atoms with van der Waals surface area (Å²) in [6, 6.07) is 19.0. The van der Waals surface area contributed by atoms with Crippen LogP contribution in [0.5, 0.6) is 5.75 Å². The van der Waals surface area contributed by atoms with Gasteiger partial charge in [0, 0.05) is 28.3 Å². The van der Waals surface area contributed by atoms with Crippen LogP contribution in [0.15, 0.2) is 54.1 Å². The number of allylic oxidation sites excluding steroid dienone is 1. The molecule has 1 aliphatic carbocycles. The van der Waals surface area contributed by atoms with Gasteiger partial charge in [0.2, 0.25) is 0 Å². The number of aromatic nitrogens is 3. The van der Waals surface area contributed by atoms with E-state index in [1.807, 2.05) is 38.1 Å². The first kappa shape index (κ1) is 20.7. The van der Waals surface area contributed by atoms with Gasteiger partial charge in [0.15, 0.2) is 5.65 Å². The summed E-state index contributed by atoms with van der Waals surface area (Å²) in [6.07, 6.45) is 2.39. The molecule has 1 saturated carbocycles. The number of pyridine rings is 1. The Morgan fingerprint density at radius 3 is 2.71 bits per heavy atom. The smallest absolute Gasteiger partial charge is 0.160 e. The molecular formula is C29H26N4O. The third-order valence-corrected chi connectivity index (χ3v) is 6.86. The molecular weight excluding hydrogens is 420 g/mol. The van der Waals surface area contributed by atoms with Crippen LogP contribution >= 0.6 is 0 Å². The molecule has 0 atom stereocenters. The molecule has 4 aromatic rings. The van der Waals surface area contributed by atoms with Crippen LogP contribution in [0.4, 0.5) is 0 Å². The summed E-state index contributed by atoms with van der Waals surface area (Å²) in [5, 5.41) is 9.72. The van der Waals surface area contributed by atoms with Crippen molar-refractivity contribution in [3.63, 3.8) is 0 Å². The molecule has 0 radical (unpaired) electrons. The highest BCUT2D eigenvalue weighted by molar-refractivity contribution is 5.88. The lowest BCUT2D eigenvalue weighted by Gasteiger charge is -2.14. The van der Waals surface area contributed by atoms with E-state index in [0.29, 0.717) is 24.6 Å². The van der Waals surface area contributed by atoms with Crippen molar-refractivity contribution in [2.24, 2.45) is 0 Å². The minimum atomic E-state index is 0.471. The molecule has 2 aliphatic rings. The van der Waals surface area contributed by atoms with Crippen molar-refractivity contribution in [3.8, 4) is 11.8 Å². The van der Waals surface area contributed by atoms with Gasteiger partial charge in [-0.25, -0.2) is 9.97 Å². The third-order valence-electron chi connectivity index (χ3n) is 6.86. The second-order valence-corrected chi connectivity index (χ2v) is 9.47. The zero-order valence-electron chi connectivity index (χ0n) is 19.7. The van der Waals surface area contributed by atoms with Crippen LogP contribution in [-0.2, 0) is 13.2 Å². The SMILES string of the molecule is CC(C#N)=C1c2ccc(Cn3c(C4CC4)nc4c(C)cc(C)nc43)cc2COc2ccccc21. The number of nitriles is 1. The Morgan fingerprint density at radius 1 is 1.09 bits per heavy atom. The fourth-order valence-corrected chi connectivity index (χ4v) is 5.08. The first-order chi connectivity index (χ1) is 16.5. The van der Waals surface area contributed by atoms with Gasteiger partial charge in [-0.15, -0.1) is 0 Å². The van der Waals surface area contributed by atoms with Crippen LogP contribution < -0.4 is 4.74 Å². The molecule has 2 aromatic heterocycles. The highest BCUT2D eigenvalue weighted by Gasteiger charge is 2.30. The predicted molar refractivity (Wildman–Crippen MR) is 133 cm³/mol. The number of aryl methyl sites for hydroxylation is 2. The molecule has 0 saturated heterocycles. The van der Waals surface area contributed by atoms with Crippen LogP contribution in [0, 0.1) is 25.2 Å². The molecule has 0 spiro atoms. The van der Waals surface area contributed by atoms with Gasteiger partial charge in [0.25, 0.3) is 0 Å². The minimum absolute atomic E-state index is 0.471. The van der Waals surface area contributed by atoms with Crippen LogP contribution in [-0.4, -0.2) is 14.5 Å². The summed E-state index contributed by atoms with van der Waals surface area (Å²) >= 11 is 0. The quantitative estimate of drug-likeness (QED) is 0.351. The maximum Gasteiger partial charge on any atom is 0.160 e. The van der Waals surface area contributed by atoms with Crippen LogP contribution in [0.3, 0.4) is 0 Å². The van der Waals surface area contributed by atoms with Gasteiger partial charge in [-0.3, -0.25) is 0 Å². The highest BCUT2D eigenvalue weighted by atomic mass is 16.5. The van der Waals surface area contributed by atoms with Crippen molar-refractivity contribution in [1.82, 2.24) is 14.5 Å². The average molecular weight is 447 g/mol. The van der Waals surface area contributed by atoms with Crippen molar-refractivity contribution < 1.29 is 4.74 Å². The van der Waals surface area contributed by atoms with Gasteiger partial charge in [-0.1, -0.05) is 30.3 Å². The molecule has 0 amide bonds. The van der Waals surface area contributed by atoms with Gasteiger partial charge in [0.05, 0.1) is 12.6 Å². The van der Waals surface area contributed by atoms with E-state index in [4.69, 9.17) is 14.7 Å². The summed E-state index contributed by atoms with van der Waals surface area (Å²) in [7, 11) is 0. The van der Waals surface area contributed by atoms with Crippen LogP contribution in [0.25, 0.3) is 16.7 Å². The number of fused-ring (bicyclic) bond motifs is 3.